The van der Waals surface area contributed by atoms with Gasteiger partial charge >= 0.3 is 5.97 Å². The van der Waals surface area contributed by atoms with Gasteiger partial charge in [-0.3, -0.25) is 9.59 Å². The highest BCUT2D eigenvalue weighted by atomic mass is 32.2. The Morgan fingerprint density at radius 2 is 1.68 bits per heavy atom. The van der Waals surface area contributed by atoms with Gasteiger partial charge in [-0.2, -0.15) is 0 Å². The highest BCUT2D eigenvalue weighted by Gasteiger charge is 2.42. The molecule has 3 rings (SSSR count). The molecule has 1 aliphatic heterocycles. The van der Waals surface area contributed by atoms with Gasteiger partial charge in [0.05, 0.1) is 6.04 Å². The first-order chi connectivity index (χ1) is 13.5. The molecule has 0 aromatic heterocycles. The average molecular weight is 399 g/mol. The SMILES string of the molecule is O=C(SCCC(=O)N1C(C(=O)O)CCC1c1ccccc1O)c1ccccc1. The number of hydrogen-bond acceptors (Lipinski definition) is 5. The van der Waals surface area contributed by atoms with E-state index in [1.807, 2.05) is 6.07 Å². The number of hydrogen-bond donors (Lipinski definition) is 2. The zero-order valence-corrected chi connectivity index (χ0v) is 16.0. The number of para-hydroxylation sites is 1. The van der Waals surface area contributed by atoms with Crippen LogP contribution in [0.3, 0.4) is 0 Å². The minimum absolute atomic E-state index is 0.0463. The number of rotatable bonds is 6. The Labute approximate surface area is 167 Å². The maximum Gasteiger partial charge on any atom is 0.326 e. The van der Waals surface area contributed by atoms with Gasteiger partial charge in [-0.25, -0.2) is 4.79 Å². The first-order valence-corrected chi connectivity index (χ1v) is 10.0. The van der Waals surface area contributed by atoms with Crippen LogP contribution in [0.4, 0.5) is 0 Å². The van der Waals surface area contributed by atoms with Gasteiger partial charge < -0.3 is 15.1 Å². The van der Waals surface area contributed by atoms with Crippen LogP contribution in [0.5, 0.6) is 5.75 Å². The molecule has 2 N–H and O–H groups in total. The van der Waals surface area contributed by atoms with Crippen molar-refractivity contribution >= 4 is 28.8 Å². The van der Waals surface area contributed by atoms with E-state index in [0.717, 1.165) is 11.8 Å². The van der Waals surface area contributed by atoms with Crippen molar-refractivity contribution < 1.29 is 24.6 Å². The highest BCUT2D eigenvalue weighted by molar-refractivity contribution is 8.14. The lowest BCUT2D eigenvalue weighted by molar-refractivity contribution is -0.149. The number of benzene rings is 2. The van der Waals surface area contributed by atoms with Crippen molar-refractivity contribution in [3.8, 4) is 5.75 Å². The summed E-state index contributed by atoms with van der Waals surface area (Å²) in [4.78, 5) is 38.0. The highest BCUT2D eigenvalue weighted by Crippen LogP contribution is 2.40. The molecule has 146 valence electrons. The molecule has 2 unspecified atom stereocenters. The van der Waals surface area contributed by atoms with Crippen LogP contribution in [0.25, 0.3) is 0 Å². The average Bonchev–Trinajstić information content (AvgIpc) is 3.14. The monoisotopic (exact) mass is 399 g/mol. The molecular weight excluding hydrogens is 378 g/mol. The van der Waals surface area contributed by atoms with Crippen LogP contribution in [-0.4, -0.2) is 43.9 Å². The van der Waals surface area contributed by atoms with Crippen molar-refractivity contribution in [2.75, 3.05) is 5.75 Å². The Morgan fingerprint density at radius 1 is 1.00 bits per heavy atom. The van der Waals surface area contributed by atoms with Gasteiger partial charge in [-0.05, 0) is 18.9 Å². The largest absolute Gasteiger partial charge is 0.508 e. The Hall–Kier alpha value is -2.80. The summed E-state index contributed by atoms with van der Waals surface area (Å²) >= 11 is 1.04. The summed E-state index contributed by atoms with van der Waals surface area (Å²) in [6.07, 6.45) is 0.851. The second-order valence-corrected chi connectivity index (χ2v) is 7.63. The fraction of sp³-hybridized carbons (Fsp3) is 0.286. The molecule has 1 fully saturated rings. The summed E-state index contributed by atoms with van der Waals surface area (Å²) < 4.78 is 0. The van der Waals surface area contributed by atoms with Crippen molar-refractivity contribution in [1.82, 2.24) is 4.90 Å². The van der Waals surface area contributed by atoms with E-state index in [4.69, 9.17) is 0 Å². The van der Waals surface area contributed by atoms with Crippen LogP contribution in [0.1, 0.15) is 41.2 Å². The molecule has 1 aliphatic rings. The second-order valence-electron chi connectivity index (χ2n) is 6.56. The summed E-state index contributed by atoms with van der Waals surface area (Å²) in [5.41, 5.74) is 1.12. The summed E-state index contributed by atoms with van der Waals surface area (Å²) in [6, 6.07) is 14.1. The van der Waals surface area contributed by atoms with Crippen LogP contribution < -0.4 is 0 Å². The number of likely N-dealkylation sites (tertiary alicyclic amines) is 1. The molecule has 7 heteroatoms. The molecule has 6 nitrogen and oxygen atoms in total. The summed E-state index contributed by atoms with van der Waals surface area (Å²) in [5.74, 6) is -1.07. The normalized spacial score (nSPS) is 18.8. The van der Waals surface area contributed by atoms with Gasteiger partial charge in [-0.15, -0.1) is 0 Å². The van der Waals surface area contributed by atoms with Crippen molar-refractivity contribution in [2.45, 2.75) is 31.3 Å². The Balaban J connectivity index is 1.68. The topological polar surface area (TPSA) is 94.9 Å². The second kappa shape index (κ2) is 8.93. The van der Waals surface area contributed by atoms with Gasteiger partial charge in [0.15, 0.2) is 0 Å². The van der Waals surface area contributed by atoms with Gasteiger partial charge in [-0.1, -0.05) is 60.3 Å². The molecule has 2 aromatic rings. The fourth-order valence-corrected chi connectivity index (χ4v) is 4.26. The number of carbonyl (C=O) groups is 3. The molecule has 1 amide bonds. The summed E-state index contributed by atoms with van der Waals surface area (Å²) in [5, 5.41) is 19.5. The van der Waals surface area contributed by atoms with Gasteiger partial charge in [0.25, 0.3) is 0 Å². The smallest absolute Gasteiger partial charge is 0.326 e. The molecule has 28 heavy (non-hydrogen) atoms. The number of phenolic OH excluding ortho intramolecular Hbond substituents is 1. The predicted octanol–water partition coefficient (Wildman–Crippen LogP) is 3.47. The Bertz CT molecular complexity index is 870. The van der Waals surface area contributed by atoms with Crippen LogP contribution in [0.2, 0.25) is 0 Å². The third-order valence-corrected chi connectivity index (χ3v) is 5.72. The third-order valence-electron chi connectivity index (χ3n) is 4.81. The van der Waals surface area contributed by atoms with E-state index in [2.05, 4.69) is 0 Å². The number of carboxylic acid groups (broad SMARTS) is 1. The van der Waals surface area contributed by atoms with Crippen LogP contribution in [-0.2, 0) is 9.59 Å². The minimum atomic E-state index is -1.06. The van der Waals surface area contributed by atoms with E-state index in [1.54, 1.807) is 42.5 Å². The van der Waals surface area contributed by atoms with E-state index in [1.165, 1.54) is 11.0 Å². The number of phenols is 1. The Morgan fingerprint density at radius 3 is 2.36 bits per heavy atom. The van der Waals surface area contributed by atoms with E-state index >= 15 is 0 Å². The van der Waals surface area contributed by atoms with Crippen LogP contribution in [0.15, 0.2) is 54.6 Å². The van der Waals surface area contributed by atoms with Gasteiger partial charge in [0.2, 0.25) is 11.0 Å². The number of aliphatic carboxylic acids is 1. The number of carbonyl (C=O) groups excluding carboxylic acids is 2. The van der Waals surface area contributed by atoms with Crippen LogP contribution in [0, 0.1) is 0 Å². The van der Waals surface area contributed by atoms with Crippen molar-refractivity contribution in [1.29, 1.82) is 0 Å². The minimum Gasteiger partial charge on any atom is -0.508 e. The standard InChI is InChI=1S/C21H21NO5S/c23-18-9-5-4-8-15(18)16-10-11-17(20(25)26)22(16)19(24)12-13-28-21(27)14-6-2-1-3-7-14/h1-9,16-17,23H,10-13H2,(H,25,26). The maximum absolute atomic E-state index is 12.8. The number of nitrogens with zero attached hydrogens (tertiary/aromatic N) is 1. The zero-order chi connectivity index (χ0) is 20.1. The Kier molecular flexibility index (Phi) is 6.36. The molecule has 0 aliphatic carbocycles. The molecule has 2 aromatic carbocycles. The van der Waals surface area contributed by atoms with E-state index in [-0.39, 0.29) is 28.9 Å². The molecule has 2 atom stereocenters. The predicted molar refractivity (Wildman–Crippen MR) is 106 cm³/mol. The quantitative estimate of drug-likeness (QED) is 0.772. The fourth-order valence-electron chi connectivity index (χ4n) is 3.49. The molecule has 0 radical (unpaired) electrons. The summed E-state index contributed by atoms with van der Waals surface area (Å²) in [6.45, 7) is 0. The maximum atomic E-state index is 12.8. The van der Waals surface area contributed by atoms with E-state index < -0.39 is 18.1 Å². The van der Waals surface area contributed by atoms with E-state index in [0.29, 0.717) is 24.0 Å². The van der Waals surface area contributed by atoms with Crippen LogP contribution >= 0.6 is 11.8 Å². The molecule has 0 saturated carbocycles. The van der Waals surface area contributed by atoms with Crippen molar-refractivity contribution in [3.05, 3.63) is 65.7 Å². The molecular formula is C21H21NO5S. The molecule has 1 heterocycles. The van der Waals surface area contributed by atoms with Crippen molar-refractivity contribution in [3.63, 3.8) is 0 Å². The number of amides is 1. The van der Waals surface area contributed by atoms with Gasteiger partial charge in [0, 0.05) is 23.3 Å². The van der Waals surface area contributed by atoms with Crippen molar-refractivity contribution in [2.24, 2.45) is 0 Å². The number of carboxylic acids is 1. The first kappa shape index (κ1) is 19.9. The molecule has 0 bridgehead atoms. The lowest BCUT2D eigenvalue weighted by Gasteiger charge is -2.29. The number of thioether (sulfide) groups is 1. The molecule has 0 spiro atoms. The lowest BCUT2D eigenvalue weighted by Crippen LogP contribution is -2.42. The van der Waals surface area contributed by atoms with E-state index in [9.17, 15) is 24.6 Å². The first-order valence-electron chi connectivity index (χ1n) is 9.03. The lowest BCUT2D eigenvalue weighted by atomic mass is 10.0. The van der Waals surface area contributed by atoms with Gasteiger partial charge in [0.1, 0.15) is 11.8 Å². The third kappa shape index (κ3) is 4.36. The molecule has 1 saturated heterocycles. The summed E-state index contributed by atoms with van der Waals surface area (Å²) in [7, 11) is 0. The number of aromatic hydroxyl groups is 1. The zero-order valence-electron chi connectivity index (χ0n) is 15.2.